The number of hydrogen-bond acceptors (Lipinski definition) is 4. The van der Waals surface area contributed by atoms with Gasteiger partial charge in [0.15, 0.2) is 0 Å². The van der Waals surface area contributed by atoms with Gasteiger partial charge >= 0.3 is 0 Å². The van der Waals surface area contributed by atoms with E-state index < -0.39 is 15.9 Å². The van der Waals surface area contributed by atoms with Crippen molar-refractivity contribution in [2.24, 2.45) is 5.10 Å². The van der Waals surface area contributed by atoms with Gasteiger partial charge in [0.2, 0.25) is 0 Å². The molecule has 3 aromatic carbocycles. The van der Waals surface area contributed by atoms with Crippen molar-refractivity contribution in [3.8, 4) is 0 Å². The molecule has 2 N–H and O–H groups in total. The molecule has 3 aromatic rings. The smallest absolute Gasteiger partial charge is 0.271 e. The normalized spacial score (nSPS) is 11.8. The van der Waals surface area contributed by atoms with Gasteiger partial charge in [0.1, 0.15) is 0 Å². The van der Waals surface area contributed by atoms with Gasteiger partial charge in [0.25, 0.3) is 15.9 Å². The number of halogens is 3. The van der Waals surface area contributed by atoms with Crippen molar-refractivity contribution in [2.45, 2.75) is 11.8 Å². The molecule has 0 radical (unpaired) electrons. The molecule has 0 aliphatic heterocycles. The quantitative estimate of drug-likeness (QED) is 0.344. The van der Waals surface area contributed by atoms with Crippen LogP contribution in [0.5, 0.6) is 0 Å². The summed E-state index contributed by atoms with van der Waals surface area (Å²) in [6.45, 7) is 1.69. The van der Waals surface area contributed by atoms with Crippen LogP contribution in [-0.4, -0.2) is 20.0 Å². The summed E-state index contributed by atoms with van der Waals surface area (Å²) in [4.78, 5) is 12.4. The monoisotopic (exact) mass is 495 g/mol. The zero-order valence-electron chi connectivity index (χ0n) is 16.1. The summed E-state index contributed by atoms with van der Waals surface area (Å²) >= 11 is 17.9. The second-order valence-electron chi connectivity index (χ2n) is 6.38. The Labute approximate surface area is 194 Å². The topological polar surface area (TPSA) is 87.6 Å². The van der Waals surface area contributed by atoms with Crippen molar-refractivity contribution in [3.63, 3.8) is 0 Å². The molecule has 0 spiro atoms. The fourth-order valence-electron chi connectivity index (χ4n) is 2.54. The number of hydrazone groups is 1. The van der Waals surface area contributed by atoms with E-state index in [9.17, 15) is 13.2 Å². The SMILES string of the molecule is C/C(=N\NC(=O)c1cccc(S(=O)(=O)Nc2ccccc2Cl)c1)c1ccc(Cl)c(Cl)c1. The van der Waals surface area contributed by atoms with Gasteiger partial charge in [0.05, 0.1) is 31.4 Å². The lowest BCUT2D eigenvalue weighted by Gasteiger charge is -2.10. The van der Waals surface area contributed by atoms with E-state index >= 15 is 0 Å². The molecule has 0 saturated heterocycles. The predicted molar refractivity (Wildman–Crippen MR) is 125 cm³/mol. The van der Waals surface area contributed by atoms with Crippen molar-refractivity contribution in [1.29, 1.82) is 0 Å². The standard InChI is InChI=1S/C21H16Cl3N3O3S/c1-13(14-9-10-17(22)19(24)12-14)25-26-21(28)15-5-4-6-16(11-15)31(29,30)27-20-8-3-2-7-18(20)23/h2-12,27H,1H3,(H,26,28)/b25-13+. The van der Waals surface area contributed by atoms with Crippen LogP contribution in [-0.2, 0) is 10.0 Å². The van der Waals surface area contributed by atoms with Crippen molar-refractivity contribution >= 4 is 62.1 Å². The number of sulfonamides is 1. The lowest BCUT2D eigenvalue weighted by atomic mass is 10.1. The fourth-order valence-corrected chi connectivity index (χ4v) is 4.20. The van der Waals surface area contributed by atoms with Crippen LogP contribution in [0, 0.1) is 0 Å². The summed E-state index contributed by atoms with van der Waals surface area (Å²) < 4.78 is 27.8. The van der Waals surface area contributed by atoms with Crippen molar-refractivity contribution < 1.29 is 13.2 Å². The lowest BCUT2D eigenvalue weighted by molar-refractivity contribution is 0.0954. The van der Waals surface area contributed by atoms with Gasteiger partial charge in [-0.25, -0.2) is 13.8 Å². The molecule has 0 fully saturated rings. The Morgan fingerprint density at radius 1 is 0.839 bits per heavy atom. The molecular formula is C21H16Cl3N3O3S. The Balaban J connectivity index is 1.78. The molecule has 0 aromatic heterocycles. The fraction of sp³-hybridized carbons (Fsp3) is 0.0476. The number of nitrogens with zero attached hydrogens (tertiary/aromatic N) is 1. The first kappa shape index (κ1) is 23.1. The van der Waals surface area contributed by atoms with Crippen molar-refractivity contribution in [1.82, 2.24) is 5.43 Å². The number of anilines is 1. The number of hydrogen-bond donors (Lipinski definition) is 2. The average Bonchev–Trinajstić information content (AvgIpc) is 2.75. The predicted octanol–water partition coefficient (Wildman–Crippen LogP) is 5.60. The Bertz CT molecular complexity index is 1280. The minimum absolute atomic E-state index is 0.0924. The van der Waals surface area contributed by atoms with Crippen LogP contribution in [0.3, 0.4) is 0 Å². The molecule has 0 bridgehead atoms. The van der Waals surface area contributed by atoms with E-state index in [2.05, 4.69) is 15.2 Å². The first-order valence-electron chi connectivity index (χ1n) is 8.85. The van der Waals surface area contributed by atoms with Crippen LogP contribution >= 0.6 is 34.8 Å². The Morgan fingerprint density at radius 2 is 1.58 bits per heavy atom. The number of carbonyl (C=O) groups excluding carboxylic acids is 1. The van der Waals surface area contributed by atoms with E-state index in [1.165, 1.54) is 30.3 Å². The molecular weight excluding hydrogens is 481 g/mol. The Kier molecular flexibility index (Phi) is 7.23. The number of benzene rings is 3. The third-order valence-corrected chi connectivity index (χ3v) is 6.62. The number of amides is 1. The van der Waals surface area contributed by atoms with Crippen molar-refractivity contribution in [2.75, 3.05) is 4.72 Å². The summed E-state index contributed by atoms with van der Waals surface area (Å²) in [7, 11) is -3.95. The van der Waals surface area contributed by atoms with Gasteiger partial charge < -0.3 is 0 Å². The molecule has 0 aliphatic rings. The molecule has 3 rings (SSSR count). The highest BCUT2D eigenvalue weighted by Crippen LogP contribution is 2.25. The van der Waals surface area contributed by atoms with Crippen molar-refractivity contribution in [3.05, 3.63) is 92.9 Å². The van der Waals surface area contributed by atoms with Gasteiger partial charge in [-0.3, -0.25) is 9.52 Å². The zero-order valence-corrected chi connectivity index (χ0v) is 19.1. The largest absolute Gasteiger partial charge is 0.278 e. The van der Waals surface area contributed by atoms with Crippen LogP contribution in [0.1, 0.15) is 22.8 Å². The minimum Gasteiger partial charge on any atom is -0.278 e. The van der Waals surface area contributed by atoms with E-state index in [0.29, 0.717) is 21.3 Å². The minimum atomic E-state index is -3.95. The maximum Gasteiger partial charge on any atom is 0.271 e. The molecule has 0 atom stereocenters. The third kappa shape index (κ3) is 5.77. The van der Waals surface area contributed by atoms with Crippen LogP contribution in [0.25, 0.3) is 0 Å². The summed E-state index contributed by atoms with van der Waals surface area (Å²) in [5.74, 6) is -0.575. The lowest BCUT2D eigenvalue weighted by Crippen LogP contribution is -2.20. The number of para-hydroxylation sites is 1. The first-order valence-corrected chi connectivity index (χ1v) is 11.5. The summed E-state index contributed by atoms with van der Waals surface area (Å²) in [5, 5.41) is 5.07. The van der Waals surface area contributed by atoms with E-state index in [1.54, 1.807) is 43.3 Å². The average molecular weight is 497 g/mol. The Morgan fingerprint density at radius 3 is 2.29 bits per heavy atom. The molecule has 1 amide bonds. The van der Waals surface area contributed by atoms with E-state index in [4.69, 9.17) is 34.8 Å². The maximum absolute atomic E-state index is 12.7. The maximum atomic E-state index is 12.7. The molecule has 31 heavy (non-hydrogen) atoms. The first-order chi connectivity index (χ1) is 14.7. The summed E-state index contributed by atoms with van der Waals surface area (Å²) in [6.07, 6.45) is 0. The third-order valence-electron chi connectivity index (χ3n) is 4.19. The van der Waals surface area contributed by atoms with Crippen LogP contribution < -0.4 is 10.1 Å². The molecule has 6 nitrogen and oxygen atoms in total. The number of rotatable bonds is 6. The van der Waals surface area contributed by atoms with Gasteiger partial charge in [-0.1, -0.05) is 59.1 Å². The van der Waals surface area contributed by atoms with Gasteiger partial charge in [-0.2, -0.15) is 5.10 Å². The second-order valence-corrected chi connectivity index (χ2v) is 9.28. The van der Waals surface area contributed by atoms with Crippen LogP contribution in [0.2, 0.25) is 15.1 Å². The van der Waals surface area contributed by atoms with Gasteiger partial charge in [-0.15, -0.1) is 0 Å². The molecule has 0 aliphatic carbocycles. The van der Waals surface area contributed by atoms with Gasteiger partial charge in [0, 0.05) is 5.56 Å². The molecule has 0 heterocycles. The van der Waals surface area contributed by atoms with Gasteiger partial charge in [-0.05, 0) is 55.0 Å². The van der Waals surface area contributed by atoms with E-state index in [-0.39, 0.29) is 21.2 Å². The number of nitrogens with one attached hydrogen (secondary N) is 2. The molecule has 160 valence electrons. The molecule has 0 unspecified atom stereocenters. The van der Waals surface area contributed by atoms with Crippen LogP contribution in [0.4, 0.5) is 5.69 Å². The van der Waals surface area contributed by atoms with E-state index in [0.717, 1.165) is 0 Å². The highest BCUT2D eigenvalue weighted by molar-refractivity contribution is 7.92. The highest BCUT2D eigenvalue weighted by Gasteiger charge is 2.17. The second kappa shape index (κ2) is 9.70. The number of carbonyl (C=O) groups is 1. The summed E-state index contributed by atoms with van der Waals surface area (Å²) in [6, 6.07) is 17.0. The molecule has 0 saturated carbocycles. The van der Waals surface area contributed by atoms with Crippen LogP contribution in [0.15, 0.2) is 76.7 Å². The summed E-state index contributed by atoms with van der Waals surface area (Å²) in [5.41, 5.74) is 3.93. The van der Waals surface area contributed by atoms with E-state index in [1.807, 2.05) is 0 Å². The molecule has 10 heteroatoms. The highest BCUT2D eigenvalue weighted by atomic mass is 35.5. The Hall–Kier alpha value is -2.58. The zero-order chi connectivity index (χ0) is 22.6.